The SMILES string of the molecule is CCCC1CC(C(=O)NC(C)CC(O)c2cccs2)CCO1. The van der Waals surface area contributed by atoms with Crippen molar-refractivity contribution in [1.29, 1.82) is 0 Å². The highest BCUT2D eigenvalue weighted by molar-refractivity contribution is 7.10. The summed E-state index contributed by atoms with van der Waals surface area (Å²) in [7, 11) is 0. The van der Waals surface area contributed by atoms with E-state index in [2.05, 4.69) is 12.2 Å². The zero-order valence-electron chi connectivity index (χ0n) is 13.5. The fourth-order valence-electron chi connectivity index (χ4n) is 2.99. The lowest BCUT2D eigenvalue weighted by Crippen LogP contribution is -2.41. The molecule has 1 aromatic heterocycles. The maximum atomic E-state index is 12.4. The number of hydrogen-bond donors (Lipinski definition) is 2. The maximum Gasteiger partial charge on any atom is 0.223 e. The molecule has 2 rings (SSSR count). The first-order chi connectivity index (χ1) is 10.6. The zero-order valence-corrected chi connectivity index (χ0v) is 14.3. The predicted octanol–water partition coefficient (Wildman–Crippen LogP) is 3.27. The molecule has 0 spiro atoms. The lowest BCUT2D eigenvalue weighted by atomic mass is 9.92. The molecule has 4 nitrogen and oxygen atoms in total. The highest BCUT2D eigenvalue weighted by Crippen LogP contribution is 2.25. The van der Waals surface area contributed by atoms with Gasteiger partial charge in [0.25, 0.3) is 0 Å². The molecule has 2 N–H and O–H groups in total. The first kappa shape index (κ1) is 17.4. The average Bonchev–Trinajstić information content (AvgIpc) is 3.02. The largest absolute Gasteiger partial charge is 0.387 e. The van der Waals surface area contributed by atoms with Gasteiger partial charge in [0.05, 0.1) is 12.2 Å². The van der Waals surface area contributed by atoms with E-state index in [0.29, 0.717) is 13.0 Å². The lowest BCUT2D eigenvalue weighted by molar-refractivity contribution is -0.131. The van der Waals surface area contributed by atoms with Gasteiger partial charge in [0.15, 0.2) is 0 Å². The van der Waals surface area contributed by atoms with Crippen LogP contribution in [0.3, 0.4) is 0 Å². The quantitative estimate of drug-likeness (QED) is 0.809. The van der Waals surface area contributed by atoms with E-state index in [9.17, 15) is 9.90 Å². The van der Waals surface area contributed by atoms with Crippen LogP contribution in [0.25, 0.3) is 0 Å². The number of carbonyl (C=O) groups is 1. The molecule has 1 fully saturated rings. The molecular weight excluding hydrogens is 298 g/mol. The van der Waals surface area contributed by atoms with Crippen molar-refractivity contribution in [3.8, 4) is 0 Å². The van der Waals surface area contributed by atoms with E-state index >= 15 is 0 Å². The molecule has 0 saturated carbocycles. The summed E-state index contributed by atoms with van der Waals surface area (Å²) in [4.78, 5) is 13.3. The minimum Gasteiger partial charge on any atom is -0.387 e. The third-order valence-corrected chi connectivity index (χ3v) is 5.16. The highest BCUT2D eigenvalue weighted by Gasteiger charge is 2.28. The van der Waals surface area contributed by atoms with Gasteiger partial charge in [-0.3, -0.25) is 4.79 Å². The van der Waals surface area contributed by atoms with E-state index in [1.165, 1.54) is 0 Å². The summed E-state index contributed by atoms with van der Waals surface area (Å²) >= 11 is 1.55. The van der Waals surface area contributed by atoms with Gasteiger partial charge in [0.2, 0.25) is 5.91 Å². The minimum atomic E-state index is -0.502. The van der Waals surface area contributed by atoms with Gasteiger partial charge >= 0.3 is 0 Å². The third kappa shape index (κ3) is 5.07. The first-order valence-electron chi connectivity index (χ1n) is 8.23. The second-order valence-electron chi connectivity index (χ2n) is 6.18. The van der Waals surface area contributed by atoms with Crippen molar-refractivity contribution in [1.82, 2.24) is 5.32 Å². The molecule has 0 radical (unpaired) electrons. The molecule has 0 aromatic carbocycles. The van der Waals surface area contributed by atoms with E-state index in [0.717, 1.165) is 30.6 Å². The first-order valence-corrected chi connectivity index (χ1v) is 9.11. The van der Waals surface area contributed by atoms with E-state index in [1.54, 1.807) is 11.3 Å². The fraction of sp³-hybridized carbons (Fsp3) is 0.706. The Morgan fingerprint density at radius 2 is 2.41 bits per heavy atom. The Labute approximate surface area is 136 Å². The van der Waals surface area contributed by atoms with Crippen LogP contribution in [0, 0.1) is 5.92 Å². The van der Waals surface area contributed by atoms with Gasteiger partial charge in [-0.25, -0.2) is 0 Å². The van der Waals surface area contributed by atoms with Crippen molar-refractivity contribution in [3.05, 3.63) is 22.4 Å². The van der Waals surface area contributed by atoms with E-state index in [4.69, 9.17) is 4.74 Å². The van der Waals surface area contributed by atoms with Crippen LogP contribution in [0.15, 0.2) is 17.5 Å². The monoisotopic (exact) mass is 325 g/mol. The third-order valence-electron chi connectivity index (χ3n) is 4.19. The van der Waals surface area contributed by atoms with E-state index in [-0.39, 0.29) is 24.0 Å². The van der Waals surface area contributed by atoms with Crippen molar-refractivity contribution < 1.29 is 14.6 Å². The van der Waals surface area contributed by atoms with E-state index in [1.807, 2.05) is 24.4 Å². The summed E-state index contributed by atoms with van der Waals surface area (Å²) in [6.45, 7) is 4.77. The van der Waals surface area contributed by atoms with Gasteiger partial charge in [-0.15, -0.1) is 11.3 Å². The van der Waals surface area contributed by atoms with Crippen LogP contribution < -0.4 is 5.32 Å². The zero-order chi connectivity index (χ0) is 15.9. The second kappa shape index (κ2) is 8.65. The molecular formula is C17H27NO3S. The molecule has 1 aliphatic rings. The standard InChI is InChI=1S/C17H27NO3S/c1-3-5-14-11-13(7-8-21-14)17(20)18-12(2)10-15(19)16-6-4-9-22-16/h4,6,9,12-15,19H,3,5,7-8,10-11H2,1-2H3,(H,18,20). The molecule has 1 saturated heterocycles. The number of thiophene rings is 1. The van der Waals surface area contributed by atoms with Crippen molar-refractivity contribution in [2.75, 3.05) is 6.61 Å². The molecule has 4 atom stereocenters. The van der Waals surface area contributed by atoms with Crippen LogP contribution in [0.2, 0.25) is 0 Å². The predicted molar refractivity (Wildman–Crippen MR) is 88.9 cm³/mol. The molecule has 124 valence electrons. The number of amides is 1. The number of hydrogen-bond acceptors (Lipinski definition) is 4. The minimum absolute atomic E-state index is 0.0305. The summed E-state index contributed by atoms with van der Waals surface area (Å²) in [6.07, 6.45) is 4.00. The Morgan fingerprint density at radius 3 is 3.09 bits per heavy atom. The summed E-state index contributed by atoms with van der Waals surface area (Å²) in [5.74, 6) is 0.155. The maximum absolute atomic E-state index is 12.4. The molecule has 4 unspecified atom stereocenters. The van der Waals surface area contributed by atoms with Crippen molar-refractivity contribution in [3.63, 3.8) is 0 Å². The Balaban J connectivity index is 1.78. The lowest BCUT2D eigenvalue weighted by Gasteiger charge is -2.29. The molecule has 1 amide bonds. The van der Waals surface area contributed by atoms with Crippen LogP contribution in [0.1, 0.15) is 56.9 Å². The molecule has 2 heterocycles. The van der Waals surface area contributed by atoms with Crippen molar-refractivity contribution in [2.24, 2.45) is 5.92 Å². The summed E-state index contributed by atoms with van der Waals surface area (Å²) in [5, 5.41) is 15.2. The summed E-state index contributed by atoms with van der Waals surface area (Å²) in [6, 6.07) is 3.83. The number of ether oxygens (including phenoxy) is 1. The molecule has 0 aliphatic carbocycles. The molecule has 22 heavy (non-hydrogen) atoms. The average molecular weight is 325 g/mol. The van der Waals surface area contributed by atoms with Crippen LogP contribution in [-0.2, 0) is 9.53 Å². The van der Waals surface area contributed by atoms with Gasteiger partial charge in [-0.2, -0.15) is 0 Å². The van der Waals surface area contributed by atoms with Gasteiger partial charge in [-0.1, -0.05) is 19.4 Å². The highest BCUT2D eigenvalue weighted by atomic mass is 32.1. The number of rotatable bonds is 7. The van der Waals surface area contributed by atoms with Crippen molar-refractivity contribution in [2.45, 2.75) is 64.2 Å². The number of aliphatic hydroxyl groups excluding tert-OH is 1. The topological polar surface area (TPSA) is 58.6 Å². The normalized spacial score (nSPS) is 24.7. The smallest absolute Gasteiger partial charge is 0.223 e. The van der Waals surface area contributed by atoms with Crippen LogP contribution >= 0.6 is 11.3 Å². The number of nitrogens with one attached hydrogen (secondary N) is 1. The van der Waals surface area contributed by atoms with Gasteiger partial charge in [0, 0.05) is 23.4 Å². The van der Waals surface area contributed by atoms with Crippen LogP contribution in [-0.4, -0.2) is 29.8 Å². The Bertz CT molecular complexity index is 447. The molecule has 0 bridgehead atoms. The van der Waals surface area contributed by atoms with E-state index < -0.39 is 6.10 Å². The van der Waals surface area contributed by atoms with Crippen molar-refractivity contribution >= 4 is 17.2 Å². The van der Waals surface area contributed by atoms with Gasteiger partial charge in [0.1, 0.15) is 0 Å². The number of aliphatic hydroxyl groups is 1. The fourth-order valence-corrected chi connectivity index (χ4v) is 3.72. The molecule has 5 heteroatoms. The second-order valence-corrected chi connectivity index (χ2v) is 7.16. The summed E-state index contributed by atoms with van der Waals surface area (Å²) in [5.41, 5.74) is 0. The van der Waals surface area contributed by atoms with Crippen LogP contribution in [0.5, 0.6) is 0 Å². The number of carbonyl (C=O) groups excluding carboxylic acids is 1. The molecule has 1 aliphatic heterocycles. The van der Waals surface area contributed by atoms with Gasteiger partial charge < -0.3 is 15.2 Å². The van der Waals surface area contributed by atoms with Gasteiger partial charge in [-0.05, 0) is 44.1 Å². The Hall–Kier alpha value is -0.910. The molecule has 1 aromatic rings. The Morgan fingerprint density at radius 1 is 1.59 bits per heavy atom. The Kier molecular flexibility index (Phi) is 6.86. The summed E-state index contributed by atoms with van der Waals surface area (Å²) < 4.78 is 5.70. The van der Waals surface area contributed by atoms with Crippen LogP contribution in [0.4, 0.5) is 0 Å².